The van der Waals surface area contributed by atoms with E-state index in [-0.39, 0.29) is 12.1 Å². The van der Waals surface area contributed by atoms with E-state index in [4.69, 9.17) is 19.0 Å². The third-order valence-corrected chi connectivity index (χ3v) is 4.93. The minimum Gasteiger partial charge on any atom is -0.496 e. The van der Waals surface area contributed by atoms with E-state index in [1.807, 2.05) is 18.2 Å². The lowest BCUT2D eigenvalue weighted by molar-refractivity contribution is -0.172. The summed E-state index contributed by atoms with van der Waals surface area (Å²) in [6.07, 6.45) is 5.05. The molecular formula is C18H23NO5. The second-order valence-electron chi connectivity index (χ2n) is 6.41. The molecule has 6 nitrogen and oxygen atoms in total. The van der Waals surface area contributed by atoms with Crippen LogP contribution in [0.2, 0.25) is 0 Å². The third-order valence-electron chi connectivity index (χ3n) is 4.93. The zero-order valence-corrected chi connectivity index (χ0v) is 14.3. The van der Waals surface area contributed by atoms with Gasteiger partial charge in [0.25, 0.3) is 0 Å². The number of benzene rings is 1. The van der Waals surface area contributed by atoms with Crippen LogP contribution < -0.4 is 9.47 Å². The van der Waals surface area contributed by atoms with Crippen LogP contribution in [0.25, 0.3) is 0 Å². The fraction of sp³-hybridized carbons (Fsp3) is 0.556. The van der Waals surface area contributed by atoms with Gasteiger partial charge in [0.15, 0.2) is 11.7 Å². The van der Waals surface area contributed by atoms with Crippen molar-refractivity contribution in [2.75, 3.05) is 14.2 Å². The van der Waals surface area contributed by atoms with Crippen molar-refractivity contribution < 1.29 is 23.8 Å². The number of hydrogen-bond acceptors (Lipinski definition) is 6. The van der Waals surface area contributed by atoms with Crippen LogP contribution in [0.5, 0.6) is 11.5 Å². The van der Waals surface area contributed by atoms with Crippen molar-refractivity contribution in [1.29, 1.82) is 0 Å². The summed E-state index contributed by atoms with van der Waals surface area (Å²) in [6.45, 7) is 1.44. The Labute approximate surface area is 141 Å². The number of carbonyl (C=O) groups is 1. The number of ether oxygens (including phenoxy) is 3. The SMILES string of the molecule is COc1cccc(OC)c1/C=N/O[C@H]1C[C@H]2CC[C@]1(OC(C)=O)C2. The molecule has 0 amide bonds. The van der Waals surface area contributed by atoms with Gasteiger partial charge in [0.1, 0.15) is 11.5 Å². The first-order valence-corrected chi connectivity index (χ1v) is 8.18. The average Bonchev–Trinajstić information content (AvgIpc) is 3.11. The van der Waals surface area contributed by atoms with Crippen LogP contribution >= 0.6 is 0 Å². The summed E-state index contributed by atoms with van der Waals surface area (Å²) in [6, 6.07) is 5.52. The molecule has 0 aliphatic heterocycles. The maximum atomic E-state index is 11.4. The van der Waals surface area contributed by atoms with Crippen molar-refractivity contribution in [3.05, 3.63) is 23.8 Å². The number of carbonyl (C=O) groups excluding carboxylic acids is 1. The zero-order valence-electron chi connectivity index (χ0n) is 14.3. The van der Waals surface area contributed by atoms with Crippen molar-refractivity contribution in [1.82, 2.24) is 0 Å². The molecule has 2 aliphatic carbocycles. The number of esters is 1. The highest BCUT2D eigenvalue weighted by Crippen LogP contribution is 2.51. The average molecular weight is 333 g/mol. The highest BCUT2D eigenvalue weighted by Gasteiger charge is 2.56. The number of methoxy groups -OCH3 is 2. The first-order chi connectivity index (χ1) is 11.6. The van der Waals surface area contributed by atoms with Crippen molar-refractivity contribution >= 4 is 12.2 Å². The van der Waals surface area contributed by atoms with Gasteiger partial charge in [-0.15, -0.1) is 0 Å². The van der Waals surface area contributed by atoms with Gasteiger partial charge in [0.05, 0.1) is 26.0 Å². The second-order valence-corrected chi connectivity index (χ2v) is 6.41. The van der Waals surface area contributed by atoms with Gasteiger partial charge in [-0.1, -0.05) is 11.2 Å². The lowest BCUT2D eigenvalue weighted by atomic mass is 9.94. The molecule has 1 aromatic carbocycles. The molecule has 3 rings (SSSR count). The van der Waals surface area contributed by atoms with E-state index in [2.05, 4.69) is 5.16 Å². The Morgan fingerprint density at radius 1 is 1.29 bits per heavy atom. The predicted molar refractivity (Wildman–Crippen MR) is 88.5 cm³/mol. The van der Waals surface area contributed by atoms with E-state index < -0.39 is 5.60 Å². The summed E-state index contributed by atoms with van der Waals surface area (Å²) in [7, 11) is 3.19. The molecule has 2 aliphatic rings. The van der Waals surface area contributed by atoms with Gasteiger partial charge in [0.2, 0.25) is 0 Å². The molecule has 2 bridgehead atoms. The Kier molecular flexibility index (Phi) is 4.64. The molecule has 130 valence electrons. The molecule has 0 spiro atoms. The molecule has 0 aromatic heterocycles. The summed E-state index contributed by atoms with van der Waals surface area (Å²) in [5, 5.41) is 4.14. The Morgan fingerprint density at radius 2 is 2.00 bits per heavy atom. The first kappa shape index (κ1) is 16.6. The van der Waals surface area contributed by atoms with E-state index in [9.17, 15) is 4.79 Å². The Morgan fingerprint density at radius 3 is 2.58 bits per heavy atom. The Bertz CT molecular complexity index is 622. The van der Waals surface area contributed by atoms with Crippen LogP contribution in [-0.2, 0) is 14.4 Å². The topological polar surface area (TPSA) is 66.3 Å². The van der Waals surface area contributed by atoms with Crippen LogP contribution in [0, 0.1) is 5.92 Å². The number of nitrogens with zero attached hydrogens (tertiary/aromatic N) is 1. The standard InChI is InChI=1S/C18H23NO5/c1-12(20)23-18-8-7-13(10-18)9-17(18)24-19-11-14-15(21-2)5-4-6-16(14)22-3/h4-6,11,13,17H,7-10H2,1-3H3/b19-11+/t13-,17+,18+/m1/s1. The van der Waals surface area contributed by atoms with Crippen molar-refractivity contribution in [2.45, 2.75) is 44.3 Å². The van der Waals surface area contributed by atoms with Gasteiger partial charge < -0.3 is 19.0 Å². The number of hydrogen-bond donors (Lipinski definition) is 0. The van der Waals surface area contributed by atoms with Gasteiger partial charge in [-0.2, -0.15) is 0 Å². The fourth-order valence-electron chi connectivity index (χ4n) is 3.90. The zero-order chi connectivity index (χ0) is 17.2. The molecule has 1 aromatic rings. The largest absolute Gasteiger partial charge is 0.496 e. The van der Waals surface area contributed by atoms with E-state index in [0.717, 1.165) is 25.7 Å². The summed E-state index contributed by atoms with van der Waals surface area (Å²) < 4.78 is 16.3. The van der Waals surface area contributed by atoms with Gasteiger partial charge in [-0.3, -0.25) is 4.79 Å². The molecule has 0 unspecified atom stereocenters. The highest BCUT2D eigenvalue weighted by atomic mass is 16.7. The Hall–Kier alpha value is -2.24. The number of rotatable bonds is 6. The van der Waals surface area contributed by atoms with Gasteiger partial charge in [0, 0.05) is 6.92 Å². The fourth-order valence-corrected chi connectivity index (χ4v) is 3.90. The molecule has 0 N–H and O–H groups in total. The minimum atomic E-state index is -0.515. The van der Waals surface area contributed by atoms with Gasteiger partial charge in [-0.05, 0) is 43.7 Å². The van der Waals surface area contributed by atoms with Gasteiger partial charge in [-0.25, -0.2) is 0 Å². The van der Waals surface area contributed by atoms with Crippen molar-refractivity contribution in [2.24, 2.45) is 11.1 Å². The summed E-state index contributed by atoms with van der Waals surface area (Å²) in [4.78, 5) is 17.2. The first-order valence-electron chi connectivity index (χ1n) is 8.18. The van der Waals surface area contributed by atoms with E-state index in [0.29, 0.717) is 23.0 Å². The molecule has 0 heterocycles. The molecule has 3 atom stereocenters. The second kappa shape index (κ2) is 6.71. The Balaban J connectivity index is 1.74. The molecule has 2 saturated carbocycles. The molecule has 6 heteroatoms. The minimum absolute atomic E-state index is 0.197. The van der Waals surface area contributed by atoms with Gasteiger partial charge >= 0.3 is 5.97 Å². The van der Waals surface area contributed by atoms with E-state index in [1.165, 1.54) is 6.92 Å². The molecule has 24 heavy (non-hydrogen) atoms. The highest BCUT2D eigenvalue weighted by molar-refractivity contribution is 5.87. The predicted octanol–water partition coefficient (Wildman–Crippen LogP) is 2.93. The maximum Gasteiger partial charge on any atom is 0.303 e. The van der Waals surface area contributed by atoms with Crippen LogP contribution in [0.15, 0.2) is 23.4 Å². The van der Waals surface area contributed by atoms with Crippen molar-refractivity contribution in [3.63, 3.8) is 0 Å². The van der Waals surface area contributed by atoms with Crippen molar-refractivity contribution in [3.8, 4) is 11.5 Å². The van der Waals surface area contributed by atoms with E-state index in [1.54, 1.807) is 20.4 Å². The molecule has 0 radical (unpaired) electrons. The number of oxime groups is 1. The quantitative estimate of drug-likeness (QED) is 0.455. The lowest BCUT2D eigenvalue weighted by Crippen LogP contribution is -2.42. The van der Waals surface area contributed by atoms with Crippen LogP contribution in [0.1, 0.15) is 38.2 Å². The normalized spacial score (nSPS) is 28.1. The number of fused-ring (bicyclic) bond motifs is 2. The monoisotopic (exact) mass is 333 g/mol. The van der Waals surface area contributed by atoms with Crippen LogP contribution in [0.4, 0.5) is 0 Å². The van der Waals surface area contributed by atoms with E-state index >= 15 is 0 Å². The van der Waals surface area contributed by atoms with Crippen LogP contribution in [-0.4, -0.2) is 38.1 Å². The summed E-state index contributed by atoms with van der Waals surface area (Å²) in [5.74, 6) is 1.60. The lowest BCUT2D eigenvalue weighted by Gasteiger charge is -2.32. The maximum absolute atomic E-state index is 11.4. The molecule has 2 fully saturated rings. The molecular weight excluding hydrogens is 310 g/mol. The third kappa shape index (κ3) is 3.05. The smallest absolute Gasteiger partial charge is 0.303 e. The van der Waals surface area contributed by atoms with Crippen LogP contribution in [0.3, 0.4) is 0 Å². The molecule has 0 saturated heterocycles. The summed E-state index contributed by atoms with van der Waals surface area (Å²) in [5.41, 5.74) is 0.200. The summed E-state index contributed by atoms with van der Waals surface area (Å²) >= 11 is 0.